The normalized spacial score (nSPS) is 10.4. The molecule has 1 amide bonds. The van der Waals surface area contributed by atoms with Gasteiger partial charge in [-0.25, -0.2) is 0 Å². The molecule has 0 radical (unpaired) electrons. The Morgan fingerprint density at radius 2 is 1.94 bits per heavy atom. The van der Waals surface area contributed by atoms with Crippen molar-refractivity contribution in [1.29, 1.82) is 0 Å². The summed E-state index contributed by atoms with van der Waals surface area (Å²) in [6.07, 6.45) is 0. The molecule has 1 aromatic carbocycles. The van der Waals surface area contributed by atoms with E-state index >= 15 is 0 Å². The summed E-state index contributed by atoms with van der Waals surface area (Å²) in [6.45, 7) is 0.00130. The van der Waals surface area contributed by atoms with E-state index in [1.165, 1.54) is 0 Å². The van der Waals surface area contributed by atoms with Gasteiger partial charge in [0.15, 0.2) is 0 Å². The summed E-state index contributed by atoms with van der Waals surface area (Å²) in [4.78, 5) is 15.1. The van der Waals surface area contributed by atoms with Gasteiger partial charge < -0.3 is 5.73 Å². The van der Waals surface area contributed by atoms with E-state index in [9.17, 15) is 4.79 Å². The van der Waals surface area contributed by atoms with Crippen LogP contribution >= 0.6 is 34.8 Å². The second kappa shape index (κ2) is 6.27. The predicted octanol–water partition coefficient (Wildman–Crippen LogP) is 2.15. The first-order chi connectivity index (χ1) is 7.52. The quantitative estimate of drug-likeness (QED) is 0.494. The van der Waals surface area contributed by atoms with E-state index < -0.39 is 5.91 Å². The lowest BCUT2D eigenvalue weighted by molar-refractivity contribution is -0.125. The van der Waals surface area contributed by atoms with Crippen LogP contribution in [0, 0.1) is 0 Å². The largest absolute Gasteiger partial charge is 0.368 e. The molecule has 1 rings (SSSR count). The first-order valence-corrected chi connectivity index (χ1v) is 5.41. The van der Waals surface area contributed by atoms with Crippen LogP contribution in [0.1, 0.15) is 5.56 Å². The number of hydrogen-bond donors (Lipinski definition) is 2. The van der Waals surface area contributed by atoms with Gasteiger partial charge in [0.25, 0.3) is 0 Å². The molecule has 16 heavy (non-hydrogen) atoms. The molecule has 0 unspecified atom stereocenters. The standard InChI is InChI=1S/C9H9Cl3N2O2/c10-6-1-2-7(11)9(12)5(6)3-14-16-4-8(13)15/h1-2,14H,3-4H2,(H2,13,15). The average molecular weight is 284 g/mol. The number of rotatable bonds is 5. The van der Waals surface area contributed by atoms with Crippen molar-refractivity contribution in [3.05, 3.63) is 32.8 Å². The van der Waals surface area contributed by atoms with Crippen LogP contribution in [0.4, 0.5) is 0 Å². The number of primary amides is 1. The van der Waals surface area contributed by atoms with Crippen molar-refractivity contribution in [2.45, 2.75) is 6.54 Å². The van der Waals surface area contributed by atoms with Crippen molar-refractivity contribution in [3.63, 3.8) is 0 Å². The number of nitrogens with one attached hydrogen (secondary N) is 1. The van der Waals surface area contributed by atoms with Crippen LogP contribution in [-0.2, 0) is 16.2 Å². The minimum atomic E-state index is -0.573. The molecular weight excluding hydrogens is 274 g/mol. The van der Waals surface area contributed by atoms with Crippen LogP contribution in [0.25, 0.3) is 0 Å². The Kier molecular flexibility index (Phi) is 5.31. The molecule has 0 atom stereocenters. The van der Waals surface area contributed by atoms with E-state index in [1.807, 2.05) is 0 Å². The molecule has 0 heterocycles. The molecule has 0 saturated carbocycles. The van der Waals surface area contributed by atoms with E-state index in [2.05, 4.69) is 5.48 Å². The van der Waals surface area contributed by atoms with Crippen molar-refractivity contribution in [3.8, 4) is 0 Å². The minimum absolute atomic E-state index is 0.226. The summed E-state index contributed by atoms with van der Waals surface area (Å²) in [5.74, 6) is -0.573. The first-order valence-electron chi connectivity index (χ1n) is 4.27. The molecule has 3 N–H and O–H groups in total. The zero-order chi connectivity index (χ0) is 12.1. The smallest absolute Gasteiger partial charge is 0.245 e. The molecule has 0 fully saturated rings. The molecule has 88 valence electrons. The van der Waals surface area contributed by atoms with Gasteiger partial charge >= 0.3 is 0 Å². The molecule has 0 saturated heterocycles. The second-order valence-electron chi connectivity index (χ2n) is 2.90. The maximum absolute atomic E-state index is 10.4. The third kappa shape index (κ3) is 3.81. The zero-order valence-electron chi connectivity index (χ0n) is 8.10. The zero-order valence-corrected chi connectivity index (χ0v) is 10.4. The van der Waals surface area contributed by atoms with Gasteiger partial charge in [-0.3, -0.25) is 9.63 Å². The maximum atomic E-state index is 10.4. The number of hydroxylamine groups is 1. The summed E-state index contributed by atoms with van der Waals surface area (Å²) in [6, 6.07) is 3.22. The van der Waals surface area contributed by atoms with Crippen LogP contribution in [0.5, 0.6) is 0 Å². The Hall–Kier alpha value is -0.520. The molecule has 0 aliphatic carbocycles. The Balaban J connectivity index is 2.60. The van der Waals surface area contributed by atoms with Gasteiger partial charge in [-0.1, -0.05) is 34.8 Å². The van der Waals surface area contributed by atoms with Crippen molar-refractivity contribution < 1.29 is 9.63 Å². The van der Waals surface area contributed by atoms with Gasteiger partial charge in [-0.2, -0.15) is 5.48 Å². The Morgan fingerprint density at radius 3 is 2.56 bits per heavy atom. The van der Waals surface area contributed by atoms with Crippen molar-refractivity contribution in [2.24, 2.45) is 5.73 Å². The molecule has 4 nitrogen and oxygen atoms in total. The van der Waals surface area contributed by atoms with Crippen LogP contribution in [0.2, 0.25) is 15.1 Å². The Morgan fingerprint density at radius 1 is 1.31 bits per heavy atom. The predicted molar refractivity (Wildman–Crippen MR) is 63.5 cm³/mol. The van der Waals surface area contributed by atoms with Gasteiger partial charge in [0, 0.05) is 17.1 Å². The monoisotopic (exact) mass is 282 g/mol. The van der Waals surface area contributed by atoms with E-state index in [0.717, 1.165) is 0 Å². The van der Waals surface area contributed by atoms with Gasteiger partial charge in [-0.15, -0.1) is 0 Å². The molecule has 1 aromatic rings. The average Bonchev–Trinajstić information content (AvgIpc) is 2.22. The molecular formula is C9H9Cl3N2O2. The number of carbonyl (C=O) groups is 1. The number of amides is 1. The Labute approximate surface area is 108 Å². The highest BCUT2D eigenvalue weighted by atomic mass is 35.5. The van der Waals surface area contributed by atoms with Crippen molar-refractivity contribution in [1.82, 2.24) is 5.48 Å². The van der Waals surface area contributed by atoms with E-state index in [1.54, 1.807) is 12.1 Å². The highest BCUT2D eigenvalue weighted by Crippen LogP contribution is 2.31. The molecule has 0 aromatic heterocycles. The summed E-state index contributed by atoms with van der Waals surface area (Å²) >= 11 is 17.7. The molecule has 0 bridgehead atoms. The van der Waals surface area contributed by atoms with E-state index in [-0.39, 0.29) is 13.2 Å². The van der Waals surface area contributed by atoms with E-state index in [0.29, 0.717) is 20.6 Å². The van der Waals surface area contributed by atoms with Crippen LogP contribution in [-0.4, -0.2) is 12.5 Å². The lowest BCUT2D eigenvalue weighted by atomic mass is 10.2. The topological polar surface area (TPSA) is 64.4 Å². The highest BCUT2D eigenvalue weighted by Gasteiger charge is 2.09. The SMILES string of the molecule is NC(=O)CONCc1c(Cl)ccc(Cl)c1Cl. The third-order valence-corrected chi connectivity index (χ3v) is 2.90. The van der Waals surface area contributed by atoms with Gasteiger partial charge in [0.1, 0.15) is 6.61 Å². The number of benzene rings is 1. The number of nitrogens with two attached hydrogens (primary N) is 1. The van der Waals surface area contributed by atoms with Gasteiger partial charge in [-0.05, 0) is 12.1 Å². The lowest BCUT2D eigenvalue weighted by Gasteiger charge is -2.09. The maximum Gasteiger partial charge on any atom is 0.245 e. The van der Waals surface area contributed by atoms with E-state index in [4.69, 9.17) is 45.4 Å². The first kappa shape index (κ1) is 13.5. The van der Waals surface area contributed by atoms with Gasteiger partial charge in [0.2, 0.25) is 5.91 Å². The fourth-order valence-electron chi connectivity index (χ4n) is 0.976. The minimum Gasteiger partial charge on any atom is -0.368 e. The fraction of sp³-hybridized carbons (Fsp3) is 0.222. The number of hydrogen-bond acceptors (Lipinski definition) is 3. The van der Waals surface area contributed by atoms with Crippen LogP contribution in [0.3, 0.4) is 0 Å². The fourth-order valence-corrected chi connectivity index (χ4v) is 1.66. The lowest BCUT2D eigenvalue weighted by Crippen LogP contribution is -2.24. The summed E-state index contributed by atoms with van der Waals surface area (Å²) in [5.41, 5.74) is 7.99. The summed E-state index contributed by atoms with van der Waals surface area (Å²) in [5, 5.41) is 1.21. The van der Waals surface area contributed by atoms with Crippen LogP contribution in [0.15, 0.2) is 12.1 Å². The third-order valence-electron chi connectivity index (χ3n) is 1.70. The van der Waals surface area contributed by atoms with Crippen molar-refractivity contribution >= 4 is 40.7 Å². The van der Waals surface area contributed by atoms with Crippen molar-refractivity contribution in [2.75, 3.05) is 6.61 Å². The molecule has 7 heteroatoms. The van der Waals surface area contributed by atoms with Gasteiger partial charge in [0.05, 0.1) is 10.0 Å². The molecule has 0 aliphatic heterocycles. The second-order valence-corrected chi connectivity index (χ2v) is 4.09. The summed E-state index contributed by atoms with van der Waals surface area (Å²) < 4.78 is 0. The summed E-state index contributed by atoms with van der Waals surface area (Å²) in [7, 11) is 0. The molecule has 0 aliphatic rings. The highest BCUT2D eigenvalue weighted by molar-refractivity contribution is 6.44. The Bertz CT molecular complexity index is 399. The number of carbonyl (C=O) groups excluding carboxylic acids is 1. The van der Waals surface area contributed by atoms with Crippen LogP contribution < -0.4 is 11.2 Å². The number of halogens is 3. The molecule has 0 spiro atoms.